The number of aldehydes is 1. The molecule has 68 valence electrons. The first-order valence-corrected chi connectivity index (χ1v) is 3.68. The highest BCUT2D eigenvalue weighted by Crippen LogP contribution is 2.21. The largest absolute Gasteiger partial charge is 0.390 e. The van der Waals surface area contributed by atoms with Gasteiger partial charge in [-0.15, -0.1) is 0 Å². The Morgan fingerprint density at radius 2 is 2.23 bits per heavy atom. The monoisotopic (exact) mass is 180 g/mol. The van der Waals surface area contributed by atoms with E-state index in [1.807, 2.05) is 0 Å². The number of aliphatic imine (C=N–C) groups is 1. The molecule has 1 aromatic carbocycles. The van der Waals surface area contributed by atoms with Crippen molar-refractivity contribution >= 4 is 18.3 Å². The molecular weight excluding hydrogens is 171 g/mol. The summed E-state index contributed by atoms with van der Waals surface area (Å²) in [5.74, 6) is -0.397. The van der Waals surface area contributed by atoms with Crippen LogP contribution in [-0.2, 0) is 0 Å². The number of hydrogen-bond donors (Lipinski definition) is 1. The van der Waals surface area contributed by atoms with Gasteiger partial charge in [-0.2, -0.15) is 0 Å². The standard InChI is InChI=1S/C9H9FN2O/c1-6-2-7(4-13)9(12-5-11)3-8(6)10/h2-5H,1H3,(H2,11,12). The average molecular weight is 180 g/mol. The topological polar surface area (TPSA) is 55.5 Å². The fraction of sp³-hybridized carbons (Fsp3) is 0.111. The van der Waals surface area contributed by atoms with Gasteiger partial charge < -0.3 is 5.73 Å². The average Bonchev–Trinajstić information content (AvgIpc) is 2.11. The van der Waals surface area contributed by atoms with Crippen molar-refractivity contribution < 1.29 is 9.18 Å². The molecule has 0 aliphatic rings. The predicted molar refractivity (Wildman–Crippen MR) is 48.9 cm³/mol. The summed E-state index contributed by atoms with van der Waals surface area (Å²) in [5, 5.41) is 0. The number of nitrogens with two attached hydrogens (primary N) is 1. The maximum Gasteiger partial charge on any atom is 0.152 e. The molecule has 0 radical (unpaired) electrons. The van der Waals surface area contributed by atoms with E-state index in [9.17, 15) is 9.18 Å². The van der Waals surface area contributed by atoms with E-state index in [2.05, 4.69) is 4.99 Å². The van der Waals surface area contributed by atoms with Crippen molar-refractivity contribution in [3.05, 3.63) is 29.1 Å². The maximum atomic E-state index is 13.0. The highest BCUT2D eigenvalue weighted by atomic mass is 19.1. The van der Waals surface area contributed by atoms with Gasteiger partial charge in [0.1, 0.15) is 5.82 Å². The zero-order valence-corrected chi connectivity index (χ0v) is 7.12. The molecule has 0 bridgehead atoms. The molecule has 4 heteroatoms. The van der Waals surface area contributed by atoms with Gasteiger partial charge in [-0.25, -0.2) is 9.38 Å². The van der Waals surface area contributed by atoms with Gasteiger partial charge >= 0.3 is 0 Å². The van der Waals surface area contributed by atoms with E-state index >= 15 is 0 Å². The maximum absolute atomic E-state index is 13.0. The second-order valence-electron chi connectivity index (χ2n) is 2.56. The lowest BCUT2D eigenvalue weighted by atomic mass is 10.1. The Hall–Kier alpha value is -1.71. The van der Waals surface area contributed by atoms with Crippen LogP contribution in [0, 0.1) is 12.7 Å². The Morgan fingerprint density at radius 3 is 2.77 bits per heavy atom. The van der Waals surface area contributed by atoms with E-state index in [-0.39, 0.29) is 5.69 Å². The summed E-state index contributed by atoms with van der Waals surface area (Å²) >= 11 is 0. The number of carbonyl (C=O) groups is 1. The Morgan fingerprint density at radius 1 is 1.54 bits per heavy atom. The van der Waals surface area contributed by atoms with E-state index in [1.54, 1.807) is 6.92 Å². The van der Waals surface area contributed by atoms with E-state index in [1.165, 1.54) is 12.1 Å². The first kappa shape index (κ1) is 9.38. The number of hydrogen-bond acceptors (Lipinski definition) is 2. The molecule has 0 amide bonds. The predicted octanol–water partition coefficient (Wildman–Crippen LogP) is 1.57. The van der Waals surface area contributed by atoms with Crippen LogP contribution in [0.3, 0.4) is 0 Å². The minimum absolute atomic E-state index is 0.251. The molecule has 0 aromatic heterocycles. The van der Waals surface area contributed by atoms with Crippen LogP contribution in [0.4, 0.5) is 10.1 Å². The van der Waals surface area contributed by atoms with Crippen molar-refractivity contribution in [2.45, 2.75) is 6.92 Å². The third-order valence-electron chi connectivity index (χ3n) is 1.65. The molecule has 0 fully saturated rings. The summed E-state index contributed by atoms with van der Waals surface area (Å²) in [6.45, 7) is 1.58. The minimum Gasteiger partial charge on any atom is -0.390 e. The molecule has 0 spiro atoms. The molecule has 0 heterocycles. The van der Waals surface area contributed by atoms with Crippen molar-refractivity contribution in [2.24, 2.45) is 10.7 Å². The minimum atomic E-state index is -0.397. The van der Waals surface area contributed by atoms with Crippen molar-refractivity contribution in [3.63, 3.8) is 0 Å². The fourth-order valence-corrected chi connectivity index (χ4v) is 0.980. The molecule has 1 rings (SSSR count). The molecule has 0 unspecified atom stereocenters. The van der Waals surface area contributed by atoms with Crippen LogP contribution >= 0.6 is 0 Å². The third-order valence-corrected chi connectivity index (χ3v) is 1.65. The molecule has 0 aliphatic heterocycles. The van der Waals surface area contributed by atoms with E-state index in [0.29, 0.717) is 17.4 Å². The number of nitrogens with zero attached hydrogens (tertiary/aromatic N) is 1. The Kier molecular flexibility index (Phi) is 2.74. The quantitative estimate of drug-likeness (QED) is 0.426. The van der Waals surface area contributed by atoms with E-state index in [4.69, 9.17) is 5.73 Å². The van der Waals surface area contributed by atoms with Gasteiger partial charge in [-0.3, -0.25) is 4.79 Å². The molecule has 0 saturated heterocycles. The molecule has 0 saturated carbocycles. The van der Waals surface area contributed by atoms with Crippen LogP contribution in [0.25, 0.3) is 0 Å². The number of benzene rings is 1. The number of halogens is 1. The Balaban J connectivity index is 3.32. The fourth-order valence-electron chi connectivity index (χ4n) is 0.980. The number of carbonyl (C=O) groups excluding carboxylic acids is 1. The van der Waals surface area contributed by atoms with Crippen LogP contribution in [0.2, 0.25) is 0 Å². The van der Waals surface area contributed by atoms with Crippen LogP contribution in [0.15, 0.2) is 17.1 Å². The van der Waals surface area contributed by atoms with Crippen molar-refractivity contribution in [1.29, 1.82) is 0 Å². The van der Waals surface area contributed by atoms with E-state index in [0.717, 1.165) is 6.34 Å². The lowest BCUT2D eigenvalue weighted by Gasteiger charge is -2.01. The molecule has 13 heavy (non-hydrogen) atoms. The smallest absolute Gasteiger partial charge is 0.152 e. The van der Waals surface area contributed by atoms with Crippen LogP contribution in [-0.4, -0.2) is 12.6 Å². The molecule has 3 nitrogen and oxygen atoms in total. The SMILES string of the molecule is Cc1cc(C=O)c(N=CN)cc1F. The highest BCUT2D eigenvalue weighted by molar-refractivity contribution is 5.84. The van der Waals surface area contributed by atoms with Crippen molar-refractivity contribution in [2.75, 3.05) is 0 Å². The lowest BCUT2D eigenvalue weighted by molar-refractivity contribution is 0.112. The number of aryl methyl sites for hydroxylation is 1. The van der Waals surface area contributed by atoms with E-state index < -0.39 is 5.82 Å². The lowest BCUT2D eigenvalue weighted by Crippen LogP contribution is -1.91. The summed E-state index contributed by atoms with van der Waals surface area (Å²) < 4.78 is 13.0. The molecule has 1 aromatic rings. The van der Waals surface area contributed by atoms with Gasteiger partial charge in [-0.05, 0) is 18.6 Å². The first-order chi connectivity index (χ1) is 6.19. The highest BCUT2D eigenvalue weighted by Gasteiger charge is 2.04. The Labute approximate surface area is 75.1 Å². The second kappa shape index (κ2) is 3.80. The Bertz CT molecular complexity index is 361. The zero-order chi connectivity index (χ0) is 9.84. The second-order valence-corrected chi connectivity index (χ2v) is 2.56. The zero-order valence-electron chi connectivity index (χ0n) is 7.12. The summed E-state index contributed by atoms with van der Waals surface area (Å²) in [6.07, 6.45) is 1.64. The van der Waals surface area contributed by atoms with Gasteiger partial charge in [0, 0.05) is 11.6 Å². The molecular formula is C9H9FN2O. The summed E-state index contributed by atoms with van der Waals surface area (Å²) in [6, 6.07) is 2.62. The summed E-state index contributed by atoms with van der Waals surface area (Å²) in [5.41, 5.74) is 6.04. The molecule has 2 N–H and O–H groups in total. The van der Waals surface area contributed by atoms with Gasteiger partial charge in [0.15, 0.2) is 6.29 Å². The van der Waals surface area contributed by atoms with Gasteiger partial charge in [-0.1, -0.05) is 0 Å². The van der Waals surface area contributed by atoms with Gasteiger partial charge in [0.2, 0.25) is 0 Å². The van der Waals surface area contributed by atoms with Crippen LogP contribution in [0.1, 0.15) is 15.9 Å². The first-order valence-electron chi connectivity index (χ1n) is 3.68. The summed E-state index contributed by atoms with van der Waals surface area (Å²) in [4.78, 5) is 14.2. The summed E-state index contributed by atoms with van der Waals surface area (Å²) in [7, 11) is 0. The van der Waals surface area contributed by atoms with Crippen LogP contribution in [0.5, 0.6) is 0 Å². The van der Waals surface area contributed by atoms with Gasteiger partial charge in [0.05, 0.1) is 12.0 Å². The van der Waals surface area contributed by atoms with Crippen molar-refractivity contribution in [3.8, 4) is 0 Å². The molecule has 0 atom stereocenters. The van der Waals surface area contributed by atoms with Gasteiger partial charge in [0.25, 0.3) is 0 Å². The molecule has 0 aliphatic carbocycles. The number of rotatable bonds is 2. The normalized spacial score (nSPS) is 10.6. The van der Waals surface area contributed by atoms with Crippen LogP contribution < -0.4 is 5.73 Å². The third kappa shape index (κ3) is 1.90. The van der Waals surface area contributed by atoms with Crippen molar-refractivity contribution in [1.82, 2.24) is 0 Å².